The van der Waals surface area contributed by atoms with Crippen molar-refractivity contribution in [1.82, 2.24) is 4.90 Å². The van der Waals surface area contributed by atoms with E-state index in [1.165, 1.54) is 30.0 Å². The molecule has 0 saturated carbocycles. The maximum atomic E-state index is 13.8. The minimum Gasteiger partial charge on any atom is -0.322 e. The number of halogens is 3. The molecule has 38 heavy (non-hydrogen) atoms. The average Bonchev–Trinajstić information content (AvgIpc) is 3.13. The first-order valence-corrected chi connectivity index (χ1v) is 12.4. The minimum atomic E-state index is -1.78. The molecule has 1 saturated heterocycles. The molecular weight excluding hydrogens is 543 g/mol. The molecule has 0 bridgehead atoms. The number of thioether (sulfide) groups is 1. The van der Waals surface area contributed by atoms with Crippen molar-refractivity contribution in [2.75, 3.05) is 11.9 Å². The van der Waals surface area contributed by atoms with Crippen LogP contribution in [0.5, 0.6) is 0 Å². The van der Waals surface area contributed by atoms with Gasteiger partial charge in [-0.2, -0.15) is 0 Å². The van der Waals surface area contributed by atoms with Crippen LogP contribution in [0.3, 0.4) is 0 Å². The second kappa shape index (κ2) is 11.1. The first kappa shape index (κ1) is 26.9. The third-order valence-corrected chi connectivity index (χ3v) is 7.19. The molecule has 0 spiro atoms. The van der Waals surface area contributed by atoms with E-state index in [1.807, 2.05) is 36.5 Å². The van der Waals surface area contributed by atoms with Gasteiger partial charge < -0.3 is 5.32 Å². The highest BCUT2D eigenvalue weighted by atomic mass is 32.2. The van der Waals surface area contributed by atoms with Gasteiger partial charge in [0.05, 0.1) is 20.4 Å². The third-order valence-electron chi connectivity index (χ3n) is 5.21. The van der Waals surface area contributed by atoms with Crippen LogP contribution in [0.1, 0.15) is 11.1 Å². The van der Waals surface area contributed by atoms with E-state index >= 15 is 0 Å². The summed E-state index contributed by atoms with van der Waals surface area (Å²) in [7, 11) is 0. The van der Waals surface area contributed by atoms with Crippen LogP contribution in [-0.2, 0) is 9.59 Å². The first-order chi connectivity index (χ1) is 18.0. The van der Waals surface area contributed by atoms with Gasteiger partial charge in [0.1, 0.15) is 6.54 Å². The largest absolute Gasteiger partial charge is 0.322 e. The lowest BCUT2D eigenvalue weighted by atomic mass is 10.2. The van der Waals surface area contributed by atoms with Gasteiger partial charge in [0.25, 0.3) is 16.8 Å². The summed E-state index contributed by atoms with van der Waals surface area (Å²) in [5, 5.41) is 12.9. The van der Waals surface area contributed by atoms with E-state index in [0.29, 0.717) is 27.6 Å². The van der Waals surface area contributed by atoms with Crippen molar-refractivity contribution in [1.29, 1.82) is 0 Å². The van der Waals surface area contributed by atoms with Crippen molar-refractivity contribution < 1.29 is 32.5 Å². The number of anilines is 1. The molecule has 0 radical (unpaired) electrons. The maximum absolute atomic E-state index is 13.8. The molecule has 8 nitrogen and oxygen atoms in total. The number of imide groups is 1. The SMILES string of the molecule is Cc1ccc(Sc2ccc(C=C3SC(=O)N(CC(=O)Nc4ccc(F)c(F)c4F)C3=O)cc2[N+](=O)[O-])cc1. The molecule has 0 unspecified atom stereocenters. The molecule has 3 amide bonds. The number of carbonyl (C=O) groups is 3. The van der Waals surface area contributed by atoms with Crippen molar-refractivity contribution in [2.45, 2.75) is 16.7 Å². The Morgan fingerprint density at radius 1 is 1.08 bits per heavy atom. The lowest BCUT2D eigenvalue weighted by molar-refractivity contribution is -0.387. The highest BCUT2D eigenvalue weighted by Crippen LogP contribution is 2.37. The van der Waals surface area contributed by atoms with E-state index in [1.54, 1.807) is 6.07 Å². The molecule has 1 N–H and O–H groups in total. The first-order valence-electron chi connectivity index (χ1n) is 10.7. The quantitative estimate of drug-likeness (QED) is 0.160. The summed E-state index contributed by atoms with van der Waals surface area (Å²) in [6.45, 7) is 1.11. The Kier molecular flexibility index (Phi) is 7.88. The molecule has 0 atom stereocenters. The summed E-state index contributed by atoms with van der Waals surface area (Å²) in [6.07, 6.45) is 1.28. The van der Waals surface area contributed by atoms with Crippen molar-refractivity contribution in [3.05, 3.63) is 98.2 Å². The van der Waals surface area contributed by atoms with Gasteiger partial charge in [0.2, 0.25) is 5.91 Å². The second-order valence-corrected chi connectivity index (χ2v) is 10.0. The normalized spacial score (nSPS) is 14.3. The molecule has 13 heteroatoms. The fraction of sp³-hybridized carbons (Fsp3) is 0.0800. The van der Waals surface area contributed by atoms with Gasteiger partial charge in [0, 0.05) is 11.0 Å². The van der Waals surface area contributed by atoms with E-state index in [0.717, 1.165) is 16.5 Å². The molecule has 3 aromatic rings. The van der Waals surface area contributed by atoms with E-state index in [-0.39, 0.29) is 16.2 Å². The van der Waals surface area contributed by atoms with E-state index in [2.05, 4.69) is 0 Å². The Hall–Kier alpha value is -4.10. The Balaban J connectivity index is 1.50. The molecule has 1 aliphatic heterocycles. The Bertz CT molecular complexity index is 1510. The van der Waals surface area contributed by atoms with Crippen LogP contribution < -0.4 is 5.32 Å². The Labute approximate surface area is 222 Å². The molecule has 0 aromatic heterocycles. The summed E-state index contributed by atoms with van der Waals surface area (Å²) in [5.74, 6) is -6.72. The van der Waals surface area contributed by atoms with Crippen LogP contribution in [0, 0.1) is 34.5 Å². The minimum absolute atomic E-state index is 0.0879. The predicted molar refractivity (Wildman–Crippen MR) is 136 cm³/mol. The fourth-order valence-electron chi connectivity index (χ4n) is 3.33. The number of carbonyl (C=O) groups excluding carboxylic acids is 3. The van der Waals surface area contributed by atoms with Gasteiger partial charge in [-0.25, -0.2) is 13.2 Å². The fourth-order valence-corrected chi connectivity index (χ4v) is 5.07. The molecule has 194 valence electrons. The average molecular weight is 560 g/mol. The van der Waals surface area contributed by atoms with Crippen LogP contribution in [0.2, 0.25) is 0 Å². The standard InChI is InChI=1S/C25H16F3N3O5S2/c1-13-2-5-15(6-3-13)37-19-9-4-14(10-18(19)31(35)36)11-20-24(33)30(25(34)38-20)12-21(32)29-17-8-7-16(26)22(27)23(17)28/h2-11H,12H2,1H3,(H,29,32). The van der Waals surface area contributed by atoms with E-state index in [4.69, 9.17) is 0 Å². The molecule has 4 rings (SSSR count). The zero-order valence-electron chi connectivity index (χ0n) is 19.4. The Morgan fingerprint density at radius 3 is 2.47 bits per heavy atom. The van der Waals surface area contributed by atoms with Crippen LogP contribution in [0.4, 0.5) is 29.3 Å². The number of aryl methyl sites for hydroxylation is 1. The number of hydrogen-bond acceptors (Lipinski definition) is 7. The third kappa shape index (κ3) is 5.89. The topological polar surface area (TPSA) is 110 Å². The molecule has 0 aliphatic carbocycles. The number of nitrogens with one attached hydrogen (secondary N) is 1. The Morgan fingerprint density at radius 2 is 1.79 bits per heavy atom. The summed E-state index contributed by atoms with van der Waals surface area (Å²) in [6, 6.07) is 13.2. The van der Waals surface area contributed by atoms with Crippen LogP contribution in [0.25, 0.3) is 6.08 Å². The van der Waals surface area contributed by atoms with Crippen molar-refractivity contribution in [3.8, 4) is 0 Å². The van der Waals surface area contributed by atoms with Crippen molar-refractivity contribution in [2.24, 2.45) is 0 Å². The summed E-state index contributed by atoms with van der Waals surface area (Å²) < 4.78 is 40.3. The van der Waals surface area contributed by atoms with Gasteiger partial charge >= 0.3 is 0 Å². The molecule has 1 heterocycles. The number of nitro benzene ring substituents is 1. The summed E-state index contributed by atoms with van der Waals surface area (Å²) in [4.78, 5) is 50.1. The molecule has 1 fully saturated rings. The summed E-state index contributed by atoms with van der Waals surface area (Å²) >= 11 is 1.72. The maximum Gasteiger partial charge on any atom is 0.294 e. The number of nitro groups is 1. The van der Waals surface area contributed by atoms with Gasteiger partial charge in [-0.3, -0.25) is 29.4 Å². The smallest absolute Gasteiger partial charge is 0.294 e. The highest BCUT2D eigenvalue weighted by molar-refractivity contribution is 8.18. The number of benzene rings is 3. The van der Waals surface area contributed by atoms with Crippen LogP contribution >= 0.6 is 23.5 Å². The second-order valence-electron chi connectivity index (χ2n) is 7.94. The predicted octanol–water partition coefficient (Wildman–Crippen LogP) is 6.15. The van der Waals surface area contributed by atoms with E-state index in [9.17, 15) is 37.7 Å². The monoisotopic (exact) mass is 559 g/mol. The molecule has 3 aromatic carbocycles. The van der Waals surface area contributed by atoms with Crippen molar-refractivity contribution in [3.63, 3.8) is 0 Å². The number of amides is 3. The number of rotatable bonds is 7. The molecule has 1 aliphatic rings. The van der Waals surface area contributed by atoms with Crippen LogP contribution in [0.15, 0.2) is 69.3 Å². The van der Waals surface area contributed by atoms with Crippen molar-refractivity contribution >= 4 is 58.0 Å². The summed E-state index contributed by atoms with van der Waals surface area (Å²) in [5.41, 5.74) is 0.467. The van der Waals surface area contributed by atoms with Crippen LogP contribution in [-0.4, -0.2) is 33.4 Å². The highest BCUT2D eigenvalue weighted by Gasteiger charge is 2.36. The zero-order valence-corrected chi connectivity index (χ0v) is 21.0. The molecular formula is C25H16F3N3O5S2. The lowest BCUT2D eigenvalue weighted by Gasteiger charge is -2.13. The van der Waals surface area contributed by atoms with Gasteiger partial charge in [-0.15, -0.1) is 0 Å². The van der Waals surface area contributed by atoms with Gasteiger partial charge in [0.15, 0.2) is 17.5 Å². The van der Waals surface area contributed by atoms with Gasteiger partial charge in [-0.05, 0) is 60.7 Å². The van der Waals surface area contributed by atoms with E-state index < -0.39 is 51.7 Å². The lowest BCUT2D eigenvalue weighted by Crippen LogP contribution is -2.36. The zero-order chi connectivity index (χ0) is 27.6. The van der Waals surface area contributed by atoms with Gasteiger partial charge in [-0.1, -0.05) is 35.5 Å². The number of nitrogens with zero attached hydrogens (tertiary/aromatic N) is 2. The number of hydrogen-bond donors (Lipinski definition) is 1.